The van der Waals surface area contributed by atoms with Crippen LogP contribution in [-0.2, 0) is 9.53 Å². The Balaban J connectivity index is 2.11. The lowest BCUT2D eigenvalue weighted by atomic mass is 9.93. The molecule has 2 aliphatic rings. The Morgan fingerprint density at radius 1 is 1.28 bits per heavy atom. The molecule has 2 atom stereocenters. The first kappa shape index (κ1) is 13.4. The molecule has 0 aromatic carbocycles. The van der Waals surface area contributed by atoms with Crippen LogP contribution in [0.15, 0.2) is 0 Å². The Morgan fingerprint density at radius 3 is 2.39 bits per heavy atom. The highest BCUT2D eigenvalue weighted by Crippen LogP contribution is 2.40. The second-order valence-corrected chi connectivity index (χ2v) is 6.59. The third-order valence-corrected chi connectivity index (χ3v) is 3.56. The molecule has 4 nitrogen and oxygen atoms in total. The van der Waals surface area contributed by atoms with Crippen LogP contribution in [0.3, 0.4) is 0 Å². The monoisotopic (exact) mass is 253 g/mol. The lowest BCUT2D eigenvalue weighted by Crippen LogP contribution is -2.53. The van der Waals surface area contributed by atoms with E-state index in [9.17, 15) is 9.59 Å². The molecule has 18 heavy (non-hydrogen) atoms. The number of hydrogen-bond donors (Lipinski definition) is 0. The van der Waals surface area contributed by atoms with Gasteiger partial charge in [-0.05, 0) is 46.5 Å². The molecule has 0 radical (unpaired) electrons. The van der Waals surface area contributed by atoms with Crippen LogP contribution in [0.1, 0.15) is 53.4 Å². The number of ketones is 1. The highest BCUT2D eigenvalue weighted by Gasteiger charge is 2.45. The van der Waals surface area contributed by atoms with Crippen molar-refractivity contribution in [3.8, 4) is 0 Å². The van der Waals surface area contributed by atoms with Crippen molar-refractivity contribution in [2.45, 2.75) is 71.1 Å². The number of hydrogen-bond acceptors (Lipinski definition) is 3. The molecule has 2 unspecified atom stereocenters. The molecule has 2 fully saturated rings. The molecule has 102 valence electrons. The predicted molar refractivity (Wildman–Crippen MR) is 68.3 cm³/mol. The zero-order chi connectivity index (χ0) is 13.5. The molecule has 0 N–H and O–H groups in total. The van der Waals surface area contributed by atoms with Gasteiger partial charge >= 0.3 is 6.09 Å². The first-order valence-corrected chi connectivity index (χ1v) is 6.81. The zero-order valence-corrected chi connectivity index (χ0v) is 11.7. The number of carbonyl (C=O) groups is 2. The van der Waals surface area contributed by atoms with E-state index in [0.29, 0.717) is 18.8 Å². The van der Waals surface area contributed by atoms with Gasteiger partial charge in [0.25, 0.3) is 0 Å². The van der Waals surface area contributed by atoms with E-state index in [1.54, 1.807) is 0 Å². The fourth-order valence-corrected chi connectivity index (χ4v) is 2.67. The molecule has 0 aromatic heterocycles. The molecule has 1 saturated heterocycles. The molecule has 0 aromatic rings. The number of carbonyl (C=O) groups excluding carboxylic acids is 2. The van der Waals surface area contributed by atoms with Crippen molar-refractivity contribution in [2.24, 2.45) is 5.92 Å². The van der Waals surface area contributed by atoms with Crippen LogP contribution in [-0.4, -0.2) is 34.5 Å². The number of amides is 1. The van der Waals surface area contributed by atoms with Gasteiger partial charge < -0.3 is 9.64 Å². The van der Waals surface area contributed by atoms with E-state index in [1.165, 1.54) is 0 Å². The standard InChI is InChI=1S/C14H23NO3/c1-9-7-11(16)8-12(10-5-6-10)15(9)13(17)18-14(2,3)4/h9-10,12H,5-8H2,1-4H3. The Labute approximate surface area is 109 Å². The first-order chi connectivity index (χ1) is 8.28. The molecule has 0 spiro atoms. The molecule has 1 aliphatic carbocycles. The van der Waals surface area contributed by atoms with Gasteiger partial charge in [0.2, 0.25) is 0 Å². The third-order valence-electron chi connectivity index (χ3n) is 3.56. The van der Waals surface area contributed by atoms with Crippen LogP contribution in [0.2, 0.25) is 0 Å². The highest BCUT2D eigenvalue weighted by molar-refractivity contribution is 5.83. The van der Waals surface area contributed by atoms with Gasteiger partial charge in [-0.15, -0.1) is 0 Å². The Hall–Kier alpha value is -1.06. The van der Waals surface area contributed by atoms with Crippen LogP contribution in [0.4, 0.5) is 4.79 Å². The Kier molecular flexibility index (Phi) is 3.39. The smallest absolute Gasteiger partial charge is 0.410 e. The number of ether oxygens (including phenoxy) is 1. The minimum absolute atomic E-state index is 0.0355. The van der Waals surface area contributed by atoms with E-state index < -0.39 is 5.60 Å². The van der Waals surface area contributed by atoms with E-state index in [2.05, 4.69) is 0 Å². The molecule has 0 bridgehead atoms. The summed E-state index contributed by atoms with van der Waals surface area (Å²) in [6.45, 7) is 7.56. The average Bonchev–Trinajstić information content (AvgIpc) is 2.95. The maximum atomic E-state index is 12.3. The van der Waals surface area contributed by atoms with Crippen LogP contribution >= 0.6 is 0 Å². The van der Waals surface area contributed by atoms with Crippen LogP contribution in [0.5, 0.6) is 0 Å². The van der Waals surface area contributed by atoms with Crippen LogP contribution < -0.4 is 0 Å². The fourth-order valence-electron chi connectivity index (χ4n) is 2.67. The molecule has 1 aliphatic heterocycles. The molecule has 1 amide bonds. The molecular formula is C14H23NO3. The van der Waals surface area contributed by atoms with Gasteiger partial charge in [-0.1, -0.05) is 0 Å². The number of nitrogens with zero attached hydrogens (tertiary/aromatic N) is 1. The molecule has 4 heteroatoms. The second-order valence-electron chi connectivity index (χ2n) is 6.59. The lowest BCUT2D eigenvalue weighted by Gasteiger charge is -2.40. The van der Waals surface area contributed by atoms with E-state index in [-0.39, 0.29) is 24.0 Å². The maximum absolute atomic E-state index is 12.3. The summed E-state index contributed by atoms with van der Waals surface area (Å²) in [5.74, 6) is 0.781. The summed E-state index contributed by atoms with van der Waals surface area (Å²) in [7, 11) is 0. The molecule has 2 rings (SSSR count). The summed E-state index contributed by atoms with van der Waals surface area (Å²) in [6.07, 6.45) is 2.96. The van der Waals surface area contributed by atoms with Gasteiger partial charge in [0.15, 0.2) is 0 Å². The fraction of sp³-hybridized carbons (Fsp3) is 0.857. The van der Waals surface area contributed by atoms with Gasteiger partial charge in [0.05, 0.1) is 0 Å². The quantitative estimate of drug-likeness (QED) is 0.722. The van der Waals surface area contributed by atoms with Crippen molar-refractivity contribution in [2.75, 3.05) is 0 Å². The molecule has 1 saturated carbocycles. The Bertz CT molecular complexity index is 355. The number of rotatable bonds is 1. The minimum Gasteiger partial charge on any atom is -0.444 e. The third kappa shape index (κ3) is 3.03. The number of likely N-dealkylation sites (tertiary alicyclic amines) is 1. The summed E-state index contributed by atoms with van der Waals surface area (Å²) < 4.78 is 5.47. The minimum atomic E-state index is -0.480. The van der Waals surface area contributed by atoms with Gasteiger partial charge in [-0.25, -0.2) is 4.79 Å². The van der Waals surface area contributed by atoms with Crippen molar-refractivity contribution in [3.05, 3.63) is 0 Å². The second kappa shape index (κ2) is 4.56. The van der Waals surface area contributed by atoms with E-state index in [4.69, 9.17) is 4.74 Å². The number of Topliss-reactive ketones (excluding diaryl/α,β-unsaturated/α-hetero) is 1. The van der Waals surface area contributed by atoms with Crippen molar-refractivity contribution >= 4 is 11.9 Å². The van der Waals surface area contributed by atoms with Crippen molar-refractivity contribution in [1.82, 2.24) is 4.90 Å². The normalized spacial score (nSPS) is 29.3. The predicted octanol–water partition coefficient (Wildman–Crippen LogP) is 2.75. The summed E-state index contributed by atoms with van der Waals surface area (Å²) in [4.78, 5) is 25.8. The topological polar surface area (TPSA) is 46.6 Å². The van der Waals surface area contributed by atoms with Crippen LogP contribution in [0.25, 0.3) is 0 Å². The SMILES string of the molecule is CC1CC(=O)CC(C2CC2)N1C(=O)OC(C)(C)C. The Morgan fingerprint density at radius 2 is 1.89 bits per heavy atom. The van der Waals surface area contributed by atoms with Crippen molar-refractivity contribution in [1.29, 1.82) is 0 Å². The van der Waals surface area contributed by atoms with Crippen molar-refractivity contribution < 1.29 is 14.3 Å². The average molecular weight is 253 g/mol. The van der Waals surface area contributed by atoms with Gasteiger partial charge in [0, 0.05) is 24.9 Å². The number of piperidine rings is 1. The summed E-state index contributed by atoms with van der Waals surface area (Å²) in [5.41, 5.74) is -0.480. The van der Waals surface area contributed by atoms with Crippen molar-refractivity contribution in [3.63, 3.8) is 0 Å². The maximum Gasteiger partial charge on any atom is 0.410 e. The summed E-state index contributed by atoms with van der Waals surface area (Å²) in [5, 5.41) is 0. The van der Waals surface area contributed by atoms with E-state index in [1.807, 2.05) is 32.6 Å². The lowest BCUT2D eigenvalue weighted by molar-refractivity contribution is -0.125. The van der Waals surface area contributed by atoms with E-state index in [0.717, 1.165) is 12.8 Å². The zero-order valence-electron chi connectivity index (χ0n) is 11.7. The molecule has 1 heterocycles. The van der Waals surface area contributed by atoms with Gasteiger partial charge in [-0.2, -0.15) is 0 Å². The first-order valence-electron chi connectivity index (χ1n) is 6.81. The highest BCUT2D eigenvalue weighted by atomic mass is 16.6. The van der Waals surface area contributed by atoms with Gasteiger partial charge in [0.1, 0.15) is 11.4 Å². The largest absolute Gasteiger partial charge is 0.444 e. The van der Waals surface area contributed by atoms with Crippen LogP contribution in [0, 0.1) is 5.92 Å². The van der Waals surface area contributed by atoms with E-state index >= 15 is 0 Å². The van der Waals surface area contributed by atoms with Gasteiger partial charge in [-0.3, -0.25) is 4.79 Å². The summed E-state index contributed by atoms with van der Waals surface area (Å²) in [6, 6.07) is 0.0304. The molecular weight excluding hydrogens is 230 g/mol. The summed E-state index contributed by atoms with van der Waals surface area (Å²) >= 11 is 0.